The first kappa shape index (κ1) is 29.9. The number of pyridine rings is 1. The van der Waals surface area contributed by atoms with E-state index in [0.29, 0.717) is 41.0 Å². The Hall–Kier alpha value is -4.53. The van der Waals surface area contributed by atoms with Crippen LogP contribution in [0.2, 0.25) is 0 Å². The van der Waals surface area contributed by atoms with Gasteiger partial charge in [0.1, 0.15) is 18.1 Å². The highest BCUT2D eigenvalue weighted by atomic mass is 19.3. The number of nitrogens with one attached hydrogen (secondary N) is 2. The molecule has 43 heavy (non-hydrogen) atoms. The largest absolute Gasteiger partial charge is 0.487 e. The molecule has 0 saturated carbocycles. The van der Waals surface area contributed by atoms with Crippen LogP contribution in [0.1, 0.15) is 35.3 Å². The summed E-state index contributed by atoms with van der Waals surface area (Å²) < 4.78 is 40.2. The van der Waals surface area contributed by atoms with Gasteiger partial charge in [0, 0.05) is 29.6 Å². The standard InChI is InChI=1S/C35H34F2N2O4/c1-24(20-25-12-14-28(15-13-25)43-23-35(36,37)27-10-6-3-7-11-27)38-21-31(40)29-16-18-32(34-30(29)17-19-33(41)39-34)42-22-26-8-4-2-5-9-26/h2-19,24,31,38,40H,20-23H2,1H3,(H,39,41)/t24-,31+/m1/s1. The highest BCUT2D eigenvalue weighted by Crippen LogP contribution is 2.31. The van der Waals surface area contributed by atoms with Gasteiger partial charge >= 0.3 is 5.92 Å². The van der Waals surface area contributed by atoms with Gasteiger partial charge in [-0.05, 0) is 54.3 Å². The van der Waals surface area contributed by atoms with Crippen molar-refractivity contribution < 1.29 is 23.4 Å². The van der Waals surface area contributed by atoms with Crippen LogP contribution in [0.15, 0.2) is 114 Å². The fourth-order valence-corrected chi connectivity index (χ4v) is 4.90. The molecule has 2 atom stereocenters. The first-order valence-electron chi connectivity index (χ1n) is 14.2. The third-order valence-corrected chi connectivity index (χ3v) is 7.23. The maximum Gasteiger partial charge on any atom is 0.306 e. The average molecular weight is 585 g/mol. The molecule has 0 bridgehead atoms. The second-order valence-electron chi connectivity index (χ2n) is 10.6. The smallest absolute Gasteiger partial charge is 0.306 e. The molecule has 1 aromatic heterocycles. The fourth-order valence-electron chi connectivity index (χ4n) is 4.90. The number of hydrogen-bond acceptors (Lipinski definition) is 5. The van der Waals surface area contributed by atoms with Crippen molar-refractivity contribution in [1.29, 1.82) is 0 Å². The lowest BCUT2D eigenvalue weighted by Crippen LogP contribution is -2.32. The van der Waals surface area contributed by atoms with Gasteiger partial charge in [-0.3, -0.25) is 4.79 Å². The van der Waals surface area contributed by atoms with E-state index in [1.54, 1.807) is 42.5 Å². The molecule has 0 aliphatic heterocycles. The number of benzene rings is 4. The van der Waals surface area contributed by atoms with Crippen molar-refractivity contribution in [3.63, 3.8) is 0 Å². The molecule has 0 saturated heterocycles. The van der Waals surface area contributed by atoms with Gasteiger partial charge in [-0.15, -0.1) is 0 Å². The lowest BCUT2D eigenvalue weighted by Gasteiger charge is -2.20. The van der Waals surface area contributed by atoms with E-state index in [1.165, 1.54) is 18.2 Å². The lowest BCUT2D eigenvalue weighted by molar-refractivity contribution is -0.0467. The number of H-pyrrole nitrogens is 1. The molecule has 0 aliphatic rings. The molecule has 5 rings (SSSR count). The second-order valence-corrected chi connectivity index (χ2v) is 10.6. The quantitative estimate of drug-likeness (QED) is 0.147. The normalized spacial score (nSPS) is 13.0. The maximum absolute atomic E-state index is 14.4. The predicted octanol–water partition coefficient (Wildman–Crippen LogP) is 6.53. The van der Waals surface area contributed by atoms with Gasteiger partial charge in [-0.2, -0.15) is 8.78 Å². The zero-order valence-electron chi connectivity index (χ0n) is 23.8. The molecule has 6 nitrogen and oxygen atoms in total. The fraction of sp³-hybridized carbons (Fsp3) is 0.229. The molecular weight excluding hydrogens is 550 g/mol. The Bertz CT molecular complexity index is 1680. The van der Waals surface area contributed by atoms with Crippen LogP contribution >= 0.6 is 0 Å². The van der Waals surface area contributed by atoms with E-state index in [9.17, 15) is 18.7 Å². The minimum atomic E-state index is -3.09. The summed E-state index contributed by atoms with van der Waals surface area (Å²) in [7, 11) is 0. The number of aliphatic hydroxyl groups excluding tert-OH is 1. The minimum Gasteiger partial charge on any atom is -0.487 e. The number of aliphatic hydroxyl groups is 1. The summed E-state index contributed by atoms with van der Waals surface area (Å²) in [5, 5.41) is 15.1. The molecule has 0 fully saturated rings. The zero-order valence-corrected chi connectivity index (χ0v) is 23.8. The molecule has 222 valence electrons. The van der Waals surface area contributed by atoms with Gasteiger partial charge in [0.2, 0.25) is 5.56 Å². The van der Waals surface area contributed by atoms with E-state index >= 15 is 0 Å². The molecule has 4 aromatic carbocycles. The molecule has 3 N–H and O–H groups in total. The summed E-state index contributed by atoms with van der Waals surface area (Å²) in [4.78, 5) is 15.0. The van der Waals surface area contributed by atoms with E-state index in [1.807, 2.05) is 55.5 Å². The Morgan fingerprint density at radius 2 is 1.53 bits per heavy atom. The van der Waals surface area contributed by atoms with Crippen LogP contribution in [-0.4, -0.2) is 29.3 Å². The summed E-state index contributed by atoms with van der Waals surface area (Å²) in [5.41, 5.74) is 2.88. The SMILES string of the molecule is C[C@H](Cc1ccc(OCC(F)(F)c2ccccc2)cc1)NC[C@H](O)c1ccc(OCc2ccccc2)c2[nH]c(=O)ccc12. The number of ether oxygens (including phenoxy) is 2. The van der Waals surface area contributed by atoms with Crippen molar-refractivity contribution in [2.45, 2.75) is 38.0 Å². The zero-order chi connectivity index (χ0) is 30.2. The van der Waals surface area contributed by atoms with E-state index in [2.05, 4.69) is 10.3 Å². The van der Waals surface area contributed by atoms with Crippen LogP contribution in [0, 0.1) is 0 Å². The van der Waals surface area contributed by atoms with Gasteiger partial charge in [-0.25, -0.2) is 0 Å². The van der Waals surface area contributed by atoms with Crippen LogP contribution in [0.3, 0.4) is 0 Å². The average Bonchev–Trinajstić information content (AvgIpc) is 3.03. The van der Waals surface area contributed by atoms with Gasteiger partial charge in [-0.1, -0.05) is 78.9 Å². The summed E-state index contributed by atoms with van der Waals surface area (Å²) in [5.74, 6) is -2.18. The van der Waals surface area contributed by atoms with E-state index in [-0.39, 0.29) is 23.7 Å². The third-order valence-electron chi connectivity index (χ3n) is 7.23. The van der Waals surface area contributed by atoms with Crippen molar-refractivity contribution in [2.75, 3.05) is 13.2 Å². The number of aromatic amines is 1. The molecule has 0 radical (unpaired) electrons. The number of alkyl halides is 2. The van der Waals surface area contributed by atoms with Crippen LogP contribution in [-0.2, 0) is 19.0 Å². The van der Waals surface area contributed by atoms with Crippen molar-refractivity contribution in [3.05, 3.63) is 142 Å². The second kappa shape index (κ2) is 13.6. The molecule has 1 heterocycles. The molecular formula is C35H34F2N2O4. The molecule has 5 aromatic rings. The van der Waals surface area contributed by atoms with Crippen molar-refractivity contribution in [2.24, 2.45) is 0 Å². The summed E-state index contributed by atoms with van der Waals surface area (Å²) in [6.07, 6.45) is -0.172. The van der Waals surface area contributed by atoms with E-state index < -0.39 is 18.6 Å². The maximum atomic E-state index is 14.4. The minimum absolute atomic E-state index is 0.0170. The van der Waals surface area contributed by atoms with Crippen LogP contribution in [0.25, 0.3) is 10.9 Å². The number of hydrogen-bond donors (Lipinski definition) is 3. The van der Waals surface area contributed by atoms with Gasteiger partial charge in [0.15, 0.2) is 6.61 Å². The van der Waals surface area contributed by atoms with Gasteiger partial charge in [0.25, 0.3) is 0 Å². The summed E-state index contributed by atoms with van der Waals surface area (Å²) in [6.45, 7) is 1.90. The Morgan fingerprint density at radius 3 is 2.26 bits per heavy atom. The number of rotatable bonds is 13. The Morgan fingerprint density at radius 1 is 0.837 bits per heavy atom. The Kier molecular flexibility index (Phi) is 9.49. The predicted molar refractivity (Wildman–Crippen MR) is 164 cm³/mol. The van der Waals surface area contributed by atoms with E-state index in [4.69, 9.17) is 9.47 Å². The first-order chi connectivity index (χ1) is 20.8. The van der Waals surface area contributed by atoms with Crippen molar-refractivity contribution in [1.82, 2.24) is 10.3 Å². The Balaban J connectivity index is 1.16. The van der Waals surface area contributed by atoms with Crippen LogP contribution < -0.4 is 20.3 Å². The topological polar surface area (TPSA) is 83.6 Å². The lowest BCUT2D eigenvalue weighted by atomic mass is 10.0. The number of fused-ring (bicyclic) bond motifs is 1. The Labute approximate surface area is 248 Å². The molecule has 0 aliphatic carbocycles. The van der Waals surface area contributed by atoms with Crippen LogP contribution in [0.5, 0.6) is 11.5 Å². The highest BCUT2D eigenvalue weighted by molar-refractivity contribution is 5.87. The summed E-state index contributed by atoms with van der Waals surface area (Å²) in [6, 6.07) is 31.2. The molecule has 0 amide bonds. The van der Waals surface area contributed by atoms with Crippen LogP contribution in [0.4, 0.5) is 8.78 Å². The van der Waals surface area contributed by atoms with Crippen molar-refractivity contribution >= 4 is 10.9 Å². The van der Waals surface area contributed by atoms with Gasteiger partial charge in [0.05, 0.1) is 11.6 Å². The van der Waals surface area contributed by atoms with E-state index in [0.717, 1.165) is 11.1 Å². The third kappa shape index (κ3) is 7.85. The molecule has 8 heteroatoms. The molecule has 0 spiro atoms. The van der Waals surface area contributed by atoms with Gasteiger partial charge < -0.3 is 24.9 Å². The number of halogens is 2. The molecule has 0 unspecified atom stereocenters. The number of aromatic nitrogens is 1. The summed E-state index contributed by atoms with van der Waals surface area (Å²) >= 11 is 0. The van der Waals surface area contributed by atoms with Crippen molar-refractivity contribution in [3.8, 4) is 11.5 Å². The highest BCUT2D eigenvalue weighted by Gasteiger charge is 2.32. The monoisotopic (exact) mass is 584 g/mol. The first-order valence-corrected chi connectivity index (χ1v) is 14.2.